The molecule has 2 N–H and O–H groups in total. The minimum atomic E-state index is -0.295. The summed E-state index contributed by atoms with van der Waals surface area (Å²) in [6.07, 6.45) is 12.4. The standard InChI is InChI=1S/C31H43N7O3/c1-36(2)22-12-10-21(11-13-22)33-28(39)20-9-14-24(26(17-20)41-4)34-30-32-18-25-27(35-30)38(23-7-5-6-8-23)19-31(15-16-31)29(40)37(25)3/h9,14,17-18,21-23H,5-8,10-13,15-16,19H2,1-4H3,(H,33,39)(H,32,34,35)/t21-,22-. The summed E-state index contributed by atoms with van der Waals surface area (Å²) in [5.41, 5.74) is 1.71. The van der Waals surface area contributed by atoms with Crippen molar-refractivity contribution in [2.24, 2.45) is 5.41 Å². The van der Waals surface area contributed by atoms with Gasteiger partial charge in [-0.25, -0.2) is 4.98 Å². The van der Waals surface area contributed by atoms with E-state index in [9.17, 15) is 9.59 Å². The molecule has 10 heteroatoms. The Balaban J connectivity index is 1.20. The molecule has 2 heterocycles. The molecular weight excluding hydrogens is 518 g/mol. The molecule has 4 aliphatic rings. The van der Waals surface area contributed by atoms with E-state index in [0.29, 0.717) is 41.6 Å². The maximum absolute atomic E-state index is 13.3. The highest BCUT2D eigenvalue weighted by atomic mass is 16.5. The van der Waals surface area contributed by atoms with E-state index in [2.05, 4.69) is 39.5 Å². The van der Waals surface area contributed by atoms with Gasteiger partial charge < -0.3 is 30.1 Å². The zero-order valence-corrected chi connectivity index (χ0v) is 24.8. The van der Waals surface area contributed by atoms with Crippen LogP contribution in [0.1, 0.15) is 74.6 Å². The molecule has 1 aromatic heterocycles. The van der Waals surface area contributed by atoms with Crippen LogP contribution in [0.4, 0.5) is 23.1 Å². The molecule has 0 atom stereocenters. The minimum Gasteiger partial charge on any atom is -0.495 e. The number of nitrogens with one attached hydrogen (secondary N) is 2. The number of aromatic nitrogens is 2. The second kappa shape index (κ2) is 11.1. The Kier molecular flexibility index (Phi) is 7.52. The van der Waals surface area contributed by atoms with Gasteiger partial charge in [0, 0.05) is 37.3 Å². The second-order valence-corrected chi connectivity index (χ2v) is 12.6. The Morgan fingerprint density at radius 2 is 1.83 bits per heavy atom. The van der Waals surface area contributed by atoms with Crippen molar-refractivity contribution < 1.29 is 14.3 Å². The highest BCUT2D eigenvalue weighted by molar-refractivity contribution is 6.03. The Morgan fingerprint density at radius 1 is 1.10 bits per heavy atom. The van der Waals surface area contributed by atoms with Crippen LogP contribution in [0, 0.1) is 5.41 Å². The highest BCUT2D eigenvalue weighted by Gasteiger charge is 2.55. The highest BCUT2D eigenvalue weighted by Crippen LogP contribution is 2.52. The Bertz CT molecular complexity index is 1300. The molecular formula is C31H43N7O3. The Labute approximate surface area is 242 Å². The van der Waals surface area contributed by atoms with Gasteiger partial charge in [0.2, 0.25) is 11.9 Å². The largest absolute Gasteiger partial charge is 0.495 e. The lowest BCUT2D eigenvalue weighted by atomic mass is 9.90. The molecule has 0 radical (unpaired) electrons. The van der Waals surface area contributed by atoms with Gasteiger partial charge in [0.25, 0.3) is 5.91 Å². The van der Waals surface area contributed by atoms with Crippen molar-refractivity contribution in [2.75, 3.05) is 49.9 Å². The maximum Gasteiger partial charge on any atom is 0.251 e. The van der Waals surface area contributed by atoms with Crippen molar-refractivity contribution in [3.8, 4) is 5.75 Å². The van der Waals surface area contributed by atoms with E-state index in [-0.39, 0.29) is 23.3 Å². The lowest BCUT2D eigenvalue weighted by Crippen LogP contribution is -2.41. The van der Waals surface area contributed by atoms with E-state index >= 15 is 0 Å². The molecule has 2 aromatic rings. The number of fused-ring (bicyclic) bond motifs is 1. The van der Waals surface area contributed by atoms with Gasteiger partial charge in [-0.3, -0.25) is 9.59 Å². The van der Waals surface area contributed by atoms with Crippen molar-refractivity contribution in [1.82, 2.24) is 20.2 Å². The first-order valence-electron chi connectivity index (χ1n) is 15.1. The van der Waals surface area contributed by atoms with Gasteiger partial charge in [0.1, 0.15) is 11.4 Å². The van der Waals surface area contributed by atoms with Crippen molar-refractivity contribution in [3.63, 3.8) is 0 Å². The first-order chi connectivity index (χ1) is 19.8. The fourth-order valence-corrected chi connectivity index (χ4v) is 6.91. The fraction of sp³-hybridized carbons (Fsp3) is 0.613. The van der Waals surface area contributed by atoms with Gasteiger partial charge in [-0.2, -0.15) is 4.98 Å². The number of methoxy groups -OCH3 is 1. The lowest BCUT2D eigenvalue weighted by molar-refractivity contribution is -0.122. The molecule has 220 valence electrons. The molecule has 0 saturated heterocycles. The summed E-state index contributed by atoms with van der Waals surface area (Å²) in [5, 5.41) is 6.53. The molecule has 1 spiro atoms. The van der Waals surface area contributed by atoms with E-state index in [1.165, 1.54) is 12.8 Å². The molecule has 3 saturated carbocycles. The van der Waals surface area contributed by atoms with Crippen LogP contribution in [-0.2, 0) is 4.79 Å². The predicted molar refractivity (Wildman–Crippen MR) is 160 cm³/mol. The number of ether oxygens (including phenoxy) is 1. The molecule has 3 aliphatic carbocycles. The number of anilines is 4. The summed E-state index contributed by atoms with van der Waals surface area (Å²) in [6, 6.07) is 6.58. The Hall–Kier alpha value is -3.40. The Morgan fingerprint density at radius 3 is 2.49 bits per heavy atom. The topological polar surface area (TPSA) is 103 Å². The molecule has 10 nitrogen and oxygen atoms in total. The third-order valence-corrected chi connectivity index (χ3v) is 9.71. The van der Waals surface area contributed by atoms with Crippen molar-refractivity contribution in [1.29, 1.82) is 0 Å². The zero-order chi connectivity index (χ0) is 28.7. The average Bonchev–Trinajstić information content (AvgIpc) is 3.58. The smallest absolute Gasteiger partial charge is 0.251 e. The van der Waals surface area contributed by atoms with Gasteiger partial charge >= 0.3 is 0 Å². The first kappa shape index (κ1) is 27.8. The fourth-order valence-electron chi connectivity index (χ4n) is 6.91. The monoisotopic (exact) mass is 561 g/mol. The number of rotatable bonds is 7. The second-order valence-electron chi connectivity index (χ2n) is 12.6. The van der Waals surface area contributed by atoms with E-state index in [1.807, 2.05) is 19.2 Å². The third-order valence-electron chi connectivity index (χ3n) is 9.71. The van der Waals surface area contributed by atoms with Crippen LogP contribution in [-0.4, -0.2) is 79.6 Å². The normalized spacial score (nSPS) is 23.9. The summed E-state index contributed by atoms with van der Waals surface area (Å²) in [6.45, 7) is 0.716. The van der Waals surface area contributed by atoms with Crippen molar-refractivity contribution in [2.45, 2.75) is 82.3 Å². The molecule has 1 aliphatic heterocycles. The van der Waals surface area contributed by atoms with E-state index in [0.717, 1.165) is 62.9 Å². The molecule has 0 bridgehead atoms. The molecule has 3 fully saturated rings. The van der Waals surface area contributed by atoms with Gasteiger partial charge in [-0.15, -0.1) is 0 Å². The number of carbonyl (C=O) groups excluding carboxylic acids is 2. The predicted octanol–water partition coefficient (Wildman–Crippen LogP) is 4.34. The summed E-state index contributed by atoms with van der Waals surface area (Å²) in [7, 11) is 7.68. The van der Waals surface area contributed by atoms with Crippen LogP contribution in [0.5, 0.6) is 5.75 Å². The van der Waals surface area contributed by atoms with Crippen LogP contribution < -0.4 is 25.2 Å². The maximum atomic E-state index is 13.3. The first-order valence-corrected chi connectivity index (χ1v) is 15.1. The molecule has 0 unspecified atom stereocenters. The zero-order valence-electron chi connectivity index (χ0n) is 24.8. The van der Waals surface area contributed by atoms with Crippen LogP contribution in [0.3, 0.4) is 0 Å². The van der Waals surface area contributed by atoms with E-state index in [4.69, 9.17) is 9.72 Å². The molecule has 2 amide bonds. The van der Waals surface area contributed by atoms with Crippen LogP contribution >= 0.6 is 0 Å². The number of hydrogen-bond donors (Lipinski definition) is 2. The van der Waals surface area contributed by atoms with Gasteiger partial charge in [0.15, 0.2) is 5.82 Å². The summed E-state index contributed by atoms with van der Waals surface area (Å²) in [5.74, 6) is 1.88. The third kappa shape index (κ3) is 5.46. The number of amides is 2. The van der Waals surface area contributed by atoms with Crippen molar-refractivity contribution in [3.05, 3.63) is 30.0 Å². The molecule has 41 heavy (non-hydrogen) atoms. The van der Waals surface area contributed by atoms with E-state index in [1.54, 1.807) is 24.3 Å². The summed E-state index contributed by atoms with van der Waals surface area (Å²) in [4.78, 5) is 42.4. The van der Waals surface area contributed by atoms with Crippen LogP contribution in [0.15, 0.2) is 24.4 Å². The van der Waals surface area contributed by atoms with Crippen molar-refractivity contribution >= 4 is 35.0 Å². The SMILES string of the molecule is COc1cc(C(=O)N[C@H]2CC[C@H](N(C)C)CC2)ccc1Nc1ncc2c(n1)N(C1CCCC1)CC1(CC1)C(=O)N2C. The minimum absolute atomic E-state index is 0.0849. The van der Waals surface area contributed by atoms with Gasteiger partial charge in [-0.1, -0.05) is 12.8 Å². The number of hydrogen-bond acceptors (Lipinski definition) is 8. The number of nitrogens with zero attached hydrogens (tertiary/aromatic N) is 5. The van der Waals surface area contributed by atoms with Gasteiger partial charge in [0.05, 0.1) is 24.4 Å². The lowest BCUT2D eigenvalue weighted by Gasteiger charge is -2.33. The molecule has 1 aromatic carbocycles. The van der Waals surface area contributed by atoms with Crippen LogP contribution in [0.25, 0.3) is 0 Å². The van der Waals surface area contributed by atoms with Gasteiger partial charge in [-0.05, 0) is 83.7 Å². The number of benzene rings is 1. The van der Waals surface area contributed by atoms with E-state index < -0.39 is 0 Å². The molecule has 6 rings (SSSR count). The summed E-state index contributed by atoms with van der Waals surface area (Å²) < 4.78 is 5.67. The number of carbonyl (C=O) groups is 2. The summed E-state index contributed by atoms with van der Waals surface area (Å²) >= 11 is 0. The van der Waals surface area contributed by atoms with Crippen LogP contribution in [0.2, 0.25) is 0 Å². The quantitative estimate of drug-likeness (QED) is 0.515. The average molecular weight is 562 g/mol.